The molecule has 0 radical (unpaired) electrons. The Labute approximate surface area is 193 Å². The average Bonchev–Trinajstić information content (AvgIpc) is 3.12. The molecule has 1 atom stereocenters. The molecule has 5 rings (SSSR count). The first-order valence-corrected chi connectivity index (χ1v) is 15.0. The Morgan fingerprint density at radius 3 is 1.75 bits per heavy atom. The molecular formula is C31H30Si. The summed E-state index contributed by atoms with van der Waals surface area (Å²) in [5.74, 6) is 0. The van der Waals surface area contributed by atoms with Crippen molar-refractivity contribution in [3.8, 4) is 0 Å². The minimum absolute atomic E-state index is 0.212. The zero-order chi connectivity index (χ0) is 22.2. The van der Waals surface area contributed by atoms with Gasteiger partial charge in [-0.25, -0.2) is 0 Å². The Kier molecular flexibility index (Phi) is 5.23. The molecule has 1 unspecified atom stereocenters. The monoisotopic (exact) mass is 430 g/mol. The molecule has 1 heteroatoms. The van der Waals surface area contributed by atoms with Crippen molar-refractivity contribution < 1.29 is 0 Å². The van der Waals surface area contributed by atoms with E-state index in [1.807, 2.05) is 0 Å². The molecule has 0 saturated heterocycles. The second-order valence-electron chi connectivity index (χ2n) is 9.85. The summed E-state index contributed by atoms with van der Waals surface area (Å²) in [6.07, 6.45) is 0.951. The highest BCUT2D eigenvalue weighted by Crippen LogP contribution is 2.58. The Morgan fingerprint density at radius 1 is 0.594 bits per heavy atom. The quantitative estimate of drug-likeness (QED) is 0.281. The van der Waals surface area contributed by atoms with Crippen LogP contribution in [0.3, 0.4) is 0 Å². The van der Waals surface area contributed by atoms with Gasteiger partial charge in [-0.3, -0.25) is 0 Å². The third kappa shape index (κ3) is 3.38. The zero-order valence-electron chi connectivity index (χ0n) is 19.2. The fraction of sp³-hybridized carbons (Fsp3) is 0.161. The standard InChI is InChI=1S/C31H30Si/c1-32(2,3)30-27-21-13-14-22-28(27)31(26-19-11-6-12-20-26,23-24-15-7-4-8-16-24)29(30)25-17-9-5-10-18-25/h4-22H,23H2,1-3H3. The molecular weight excluding hydrogens is 400 g/mol. The van der Waals surface area contributed by atoms with Crippen LogP contribution in [-0.4, -0.2) is 8.07 Å². The maximum absolute atomic E-state index is 2.49. The van der Waals surface area contributed by atoms with E-state index >= 15 is 0 Å². The van der Waals surface area contributed by atoms with Gasteiger partial charge in [0.05, 0.1) is 13.5 Å². The summed E-state index contributed by atoms with van der Waals surface area (Å²) in [4.78, 5) is 0. The van der Waals surface area contributed by atoms with Gasteiger partial charge in [0.25, 0.3) is 0 Å². The highest BCUT2D eigenvalue weighted by molar-refractivity contribution is 6.95. The lowest BCUT2D eigenvalue weighted by atomic mass is 9.66. The minimum atomic E-state index is -1.68. The molecule has 0 nitrogen and oxygen atoms in total. The van der Waals surface area contributed by atoms with Gasteiger partial charge in [0.1, 0.15) is 0 Å². The van der Waals surface area contributed by atoms with Crippen molar-refractivity contribution in [2.45, 2.75) is 31.5 Å². The van der Waals surface area contributed by atoms with Gasteiger partial charge in [-0.05, 0) is 45.0 Å². The first-order valence-electron chi connectivity index (χ1n) is 11.5. The molecule has 0 spiro atoms. The SMILES string of the molecule is C[Si](C)(C)C1=C(c2ccccc2)C(Cc2ccccc2)(c2ccccc2)c2ccccc21. The Morgan fingerprint density at radius 2 is 1.12 bits per heavy atom. The lowest BCUT2D eigenvalue weighted by Gasteiger charge is -2.36. The predicted octanol–water partition coefficient (Wildman–Crippen LogP) is 8.02. The van der Waals surface area contributed by atoms with Crippen LogP contribution in [0.25, 0.3) is 10.8 Å². The number of hydrogen-bond donors (Lipinski definition) is 0. The van der Waals surface area contributed by atoms with E-state index in [4.69, 9.17) is 0 Å². The molecule has 4 aromatic carbocycles. The Balaban J connectivity index is 1.93. The normalized spacial score (nSPS) is 18.0. The van der Waals surface area contributed by atoms with Crippen LogP contribution in [0.4, 0.5) is 0 Å². The van der Waals surface area contributed by atoms with Gasteiger partial charge < -0.3 is 0 Å². The van der Waals surface area contributed by atoms with Gasteiger partial charge in [0.2, 0.25) is 0 Å². The van der Waals surface area contributed by atoms with Gasteiger partial charge in [-0.15, -0.1) is 0 Å². The van der Waals surface area contributed by atoms with Crippen molar-refractivity contribution in [1.29, 1.82) is 0 Å². The molecule has 1 aliphatic rings. The van der Waals surface area contributed by atoms with Crippen molar-refractivity contribution in [2.24, 2.45) is 0 Å². The summed E-state index contributed by atoms with van der Waals surface area (Å²) in [5.41, 5.74) is 8.29. The number of hydrogen-bond acceptors (Lipinski definition) is 0. The Bertz CT molecular complexity index is 1250. The highest BCUT2D eigenvalue weighted by atomic mass is 28.3. The average molecular weight is 431 g/mol. The lowest BCUT2D eigenvalue weighted by Crippen LogP contribution is -2.31. The minimum Gasteiger partial charge on any atom is -0.0656 e. The molecule has 0 bridgehead atoms. The van der Waals surface area contributed by atoms with E-state index < -0.39 is 8.07 Å². The van der Waals surface area contributed by atoms with Gasteiger partial charge >= 0.3 is 0 Å². The second-order valence-corrected chi connectivity index (χ2v) is 14.8. The predicted molar refractivity (Wildman–Crippen MR) is 140 cm³/mol. The summed E-state index contributed by atoms with van der Waals surface area (Å²) in [6.45, 7) is 7.48. The molecule has 0 aliphatic heterocycles. The molecule has 0 N–H and O–H groups in total. The summed E-state index contributed by atoms with van der Waals surface area (Å²) >= 11 is 0. The van der Waals surface area contributed by atoms with E-state index in [2.05, 4.69) is 135 Å². The largest absolute Gasteiger partial charge is 0.0788 e. The van der Waals surface area contributed by atoms with E-state index in [1.54, 1.807) is 5.20 Å². The van der Waals surface area contributed by atoms with E-state index in [0.29, 0.717) is 0 Å². The van der Waals surface area contributed by atoms with Crippen LogP contribution in [0.2, 0.25) is 19.6 Å². The van der Waals surface area contributed by atoms with Gasteiger partial charge in [0.15, 0.2) is 0 Å². The summed E-state index contributed by atoms with van der Waals surface area (Å²) in [6, 6.07) is 42.5. The summed E-state index contributed by atoms with van der Waals surface area (Å²) in [5, 5.41) is 1.60. The molecule has 0 heterocycles. The second kappa shape index (κ2) is 8.07. The fourth-order valence-electron chi connectivity index (χ4n) is 5.54. The Hall–Kier alpha value is -3.16. The number of benzene rings is 4. The molecule has 0 saturated carbocycles. The first-order chi connectivity index (χ1) is 15.5. The van der Waals surface area contributed by atoms with E-state index in [1.165, 1.54) is 33.4 Å². The molecule has 158 valence electrons. The van der Waals surface area contributed by atoms with Crippen molar-refractivity contribution in [2.75, 3.05) is 0 Å². The van der Waals surface area contributed by atoms with Crippen LogP contribution in [-0.2, 0) is 11.8 Å². The highest BCUT2D eigenvalue weighted by Gasteiger charge is 2.49. The molecule has 0 fully saturated rings. The van der Waals surface area contributed by atoms with Crippen LogP contribution < -0.4 is 0 Å². The molecule has 0 aromatic heterocycles. The fourth-order valence-corrected chi connectivity index (χ4v) is 7.67. The first kappa shape index (κ1) is 20.7. The third-order valence-electron chi connectivity index (χ3n) is 6.72. The van der Waals surface area contributed by atoms with Crippen molar-refractivity contribution in [1.82, 2.24) is 0 Å². The number of rotatable bonds is 5. The van der Waals surface area contributed by atoms with Gasteiger partial charge in [0, 0.05) is 0 Å². The zero-order valence-corrected chi connectivity index (χ0v) is 20.2. The van der Waals surface area contributed by atoms with E-state index in [9.17, 15) is 0 Å². The maximum atomic E-state index is 2.49. The van der Waals surface area contributed by atoms with Crippen molar-refractivity contribution >= 4 is 18.8 Å². The van der Waals surface area contributed by atoms with Crippen molar-refractivity contribution in [3.05, 3.63) is 143 Å². The van der Waals surface area contributed by atoms with Gasteiger partial charge in [-0.1, -0.05) is 135 Å². The van der Waals surface area contributed by atoms with Crippen LogP contribution >= 0.6 is 0 Å². The van der Waals surface area contributed by atoms with Crippen LogP contribution in [0.5, 0.6) is 0 Å². The number of fused-ring (bicyclic) bond motifs is 1. The van der Waals surface area contributed by atoms with E-state index in [0.717, 1.165) is 6.42 Å². The summed E-state index contributed by atoms with van der Waals surface area (Å²) < 4.78 is 0. The molecule has 4 aromatic rings. The van der Waals surface area contributed by atoms with Crippen LogP contribution in [0.1, 0.15) is 27.8 Å². The van der Waals surface area contributed by atoms with E-state index in [-0.39, 0.29) is 5.41 Å². The topological polar surface area (TPSA) is 0 Å². The summed E-state index contributed by atoms with van der Waals surface area (Å²) in [7, 11) is -1.68. The number of allylic oxidation sites excluding steroid dienone is 1. The van der Waals surface area contributed by atoms with Crippen LogP contribution in [0, 0.1) is 0 Å². The van der Waals surface area contributed by atoms with Crippen LogP contribution in [0.15, 0.2) is 115 Å². The van der Waals surface area contributed by atoms with Crippen molar-refractivity contribution in [3.63, 3.8) is 0 Å². The molecule has 0 amide bonds. The molecule has 1 aliphatic carbocycles. The third-order valence-corrected chi connectivity index (χ3v) is 8.74. The smallest absolute Gasteiger partial charge is 0.0656 e. The maximum Gasteiger partial charge on any atom is 0.0788 e. The molecule has 32 heavy (non-hydrogen) atoms. The lowest BCUT2D eigenvalue weighted by molar-refractivity contribution is 0.667. The van der Waals surface area contributed by atoms with Gasteiger partial charge in [-0.2, -0.15) is 0 Å².